The summed E-state index contributed by atoms with van der Waals surface area (Å²) < 4.78 is 18.4. The van der Waals surface area contributed by atoms with Crippen LogP contribution in [0.1, 0.15) is 12.5 Å². The number of hydrogen-bond acceptors (Lipinski definition) is 2. The third-order valence-corrected chi connectivity index (χ3v) is 2.25. The molecule has 1 rings (SSSR count). The maximum atomic E-state index is 13.3. The highest BCUT2D eigenvalue weighted by molar-refractivity contribution is 5.77. The maximum absolute atomic E-state index is 13.3. The molecule has 4 heteroatoms. The molecular formula is C12H16FNO2. The summed E-state index contributed by atoms with van der Waals surface area (Å²) in [6, 6.07) is 4.68. The van der Waals surface area contributed by atoms with Crippen LogP contribution in [0.25, 0.3) is 0 Å². The van der Waals surface area contributed by atoms with Crippen LogP contribution in [0, 0.1) is 5.82 Å². The number of rotatable bonds is 4. The van der Waals surface area contributed by atoms with Gasteiger partial charge < -0.3 is 9.64 Å². The first kappa shape index (κ1) is 12.5. The van der Waals surface area contributed by atoms with Crippen LogP contribution < -0.4 is 4.74 Å². The van der Waals surface area contributed by atoms with Crippen molar-refractivity contribution in [3.05, 3.63) is 29.6 Å². The summed E-state index contributed by atoms with van der Waals surface area (Å²) in [5.41, 5.74) is 0.980. The first-order valence-corrected chi connectivity index (χ1v) is 5.16. The smallest absolute Gasteiger partial charge is 0.259 e. The summed E-state index contributed by atoms with van der Waals surface area (Å²) in [5, 5.41) is 0. The molecule has 0 fully saturated rings. The molecule has 0 radical (unpaired) electrons. The van der Waals surface area contributed by atoms with E-state index in [1.807, 2.05) is 6.92 Å². The number of carbonyl (C=O) groups excluding carboxylic acids is 1. The van der Waals surface area contributed by atoms with Crippen molar-refractivity contribution in [3.63, 3.8) is 0 Å². The zero-order valence-electron chi connectivity index (χ0n) is 9.79. The third kappa shape index (κ3) is 3.22. The molecule has 0 aliphatic heterocycles. The Morgan fingerprint density at radius 2 is 2.12 bits per heavy atom. The Morgan fingerprint density at radius 3 is 2.69 bits per heavy atom. The summed E-state index contributed by atoms with van der Waals surface area (Å²) in [6.45, 7) is 1.83. The number of nitrogens with zero attached hydrogens (tertiary/aromatic N) is 1. The quantitative estimate of drug-likeness (QED) is 0.782. The Kier molecular flexibility index (Phi) is 4.28. The van der Waals surface area contributed by atoms with Crippen LogP contribution in [0.2, 0.25) is 0 Å². The van der Waals surface area contributed by atoms with Crippen molar-refractivity contribution in [1.82, 2.24) is 4.90 Å². The number of ether oxygens (including phenoxy) is 1. The normalized spacial score (nSPS) is 10.0. The molecule has 1 amide bonds. The van der Waals surface area contributed by atoms with Crippen molar-refractivity contribution in [2.75, 3.05) is 20.7 Å². The molecule has 0 unspecified atom stereocenters. The van der Waals surface area contributed by atoms with Gasteiger partial charge in [-0.05, 0) is 24.1 Å². The average molecular weight is 225 g/mol. The number of benzene rings is 1. The van der Waals surface area contributed by atoms with Crippen LogP contribution in [0.3, 0.4) is 0 Å². The van der Waals surface area contributed by atoms with Gasteiger partial charge >= 0.3 is 0 Å². The van der Waals surface area contributed by atoms with Crippen molar-refractivity contribution in [2.45, 2.75) is 13.3 Å². The van der Waals surface area contributed by atoms with Gasteiger partial charge in [-0.1, -0.05) is 13.0 Å². The zero-order chi connectivity index (χ0) is 12.1. The standard InChI is InChI=1S/C12H16FNO2/c1-4-9-5-6-10(13)11(7-9)16-8-12(15)14(2)3/h5-7H,4,8H2,1-3H3. The molecule has 3 nitrogen and oxygen atoms in total. The van der Waals surface area contributed by atoms with E-state index in [1.54, 1.807) is 26.2 Å². The molecule has 1 aromatic rings. The zero-order valence-corrected chi connectivity index (χ0v) is 9.79. The SMILES string of the molecule is CCc1ccc(F)c(OCC(=O)N(C)C)c1. The number of hydrogen-bond donors (Lipinski definition) is 0. The second kappa shape index (κ2) is 5.49. The maximum Gasteiger partial charge on any atom is 0.259 e. The third-order valence-electron chi connectivity index (χ3n) is 2.25. The summed E-state index contributed by atoms with van der Waals surface area (Å²) >= 11 is 0. The fourth-order valence-electron chi connectivity index (χ4n) is 1.15. The lowest BCUT2D eigenvalue weighted by Gasteiger charge is -2.12. The Hall–Kier alpha value is -1.58. The summed E-state index contributed by atoms with van der Waals surface area (Å²) in [5.74, 6) is -0.500. The molecule has 0 spiro atoms. The summed E-state index contributed by atoms with van der Waals surface area (Å²) in [6.07, 6.45) is 0.804. The van der Waals surface area contributed by atoms with Gasteiger partial charge in [0, 0.05) is 14.1 Å². The van der Waals surface area contributed by atoms with E-state index in [9.17, 15) is 9.18 Å². The van der Waals surface area contributed by atoms with Crippen molar-refractivity contribution < 1.29 is 13.9 Å². The van der Waals surface area contributed by atoms with E-state index in [1.165, 1.54) is 11.0 Å². The second-order valence-electron chi connectivity index (χ2n) is 3.70. The highest BCUT2D eigenvalue weighted by Gasteiger charge is 2.08. The predicted molar refractivity (Wildman–Crippen MR) is 60.0 cm³/mol. The van der Waals surface area contributed by atoms with Crippen LogP contribution >= 0.6 is 0 Å². The topological polar surface area (TPSA) is 29.5 Å². The number of amides is 1. The lowest BCUT2D eigenvalue weighted by molar-refractivity contribution is -0.130. The van der Waals surface area contributed by atoms with Gasteiger partial charge in [-0.2, -0.15) is 0 Å². The minimum absolute atomic E-state index is 0.134. The van der Waals surface area contributed by atoms with Gasteiger partial charge in [-0.25, -0.2) is 4.39 Å². The van der Waals surface area contributed by atoms with Crippen LogP contribution in [0.15, 0.2) is 18.2 Å². The number of aryl methyl sites for hydroxylation is 1. The van der Waals surface area contributed by atoms with Crippen LogP contribution in [0.5, 0.6) is 5.75 Å². The van der Waals surface area contributed by atoms with Crippen LogP contribution in [0.4, 0.5) is 4.39 Å². The van der Waals surface area contributed by atoms with Gasteiger partial charge in [0.05, 0.1) is 0 Å². The fraction of sp³-hybridized carbons (Fsp3) is 0.417. The molecule has 0 N–H and O–H groups in total. The minimum atomic E-state index is -0.441. The Bertz CT molecular complexity index is 377. The predicted octanol–water partition coefficient (Wildman–Crippen LogP) is 1.86. The van der Waals surface area contributed by atoms with E-state index in [-0.39, 0.29) is 18.3 Å². The van der Waals surface area contributed by atoms with Gasteiger partial charge in [0.2, 0.25) is 0 Å². The minimum Gasteiger partial charge on any atom is -0.481 e. The molecule has 0 bridgehead atoms. The van der Waals surface area contributed by atoms with Crippen molar-refractivity contribution in [1.29, 1.82) is 0 Å². The largest absolute Gasteiger partial charge is 0.481 e. The van der Waals surface area contributed by atoms with E-state index in [0.717, 1.165) is 12.0 Å². The molecule has 0 saturated carbocycles. The van der Waals surface area contributed by atoms with Crippen molar-refractivity contribution >= 4 is 5.91 Å². The van der Waals surface area contributed by atoms with E-state index in [4.69, 9.17) is 4.74 Å². The van der Waals surface area contributed by atoms with Crippen LogP contribution in [-0.4, -0.2) is 31.5 Å². The van der Waals surface area contributed by atoms with E-state index in [2.05, 4.69) is 0 Å². The summed E-state index contributed by atoms with van der Waals surface area (Å²) in [4.78, 5) is 12.7. The second-order valence-corrected chi connectivity index (χ2v) is 3.70. The Balaban J connectivity index is 2.69. The lowest BCUT2D eigenvalue weighted by atomic mass is 10.1. The first-order valence-electron chi connectivity index (χ1n) is 5.16. The van der Waals surface area contributed by atoms with Gasteiger partial charge in [0.15, 0.2) is 18.2 Å². The number of halogens is 1. The van der Waals surface area contributed by atoms with Gasteiger partial charge in [0.25, 0.3) is 5.91 Å². The van der Waals surface area contributed by atoms with Gasteiger partial charge in [-0.3, -0.25) is 4.79 Å². The Labute approximate surface area is 94.8 Å². The molecule has 0 aromatic heterocycles. The van der Waals surface area contributed by atoms with Crippen LogP contribution in [-0.2, 0) is 11.2 Å². The highest BCUT2D eigenvalue weighted by atomic mass is 19.1. The number of likely N-dealkylation sites (N-methyl/N-ethyl adjacent to an activating group) is 1. The molecule has 0 heterocycles. The summed E-state index contributed by atoms with van der Waals surface area (Å²) in [7, 11) is 3.26. The average Bonchev–Trinajstić information content (AvgIpc) is 2.27. The highest BCUT2D eigenvalue weighted by Crippen LogP contribution is 2.19. The van der Waals surface area contributed by atoms with Crippen molar-refractivity contribution in [3.8, 4) is 5.75 Å². The van der Waals surface area contributed by atoms with E-state index in [0.29, 0.717) is 0 Å². The van der Waals surface area contributed by atoms with Gasteiger partial charge in [-0.15, -0.1) is 0 Å². The van der Waals surface area contributed by atoms with E-state index < -0.39 is 5.82 Å². The first-order chi connectivity index (χ1) is 7.54. The van der Waals surface area contributed by atoms with E-state index >= 15 is 0 Å². The number of carbonyl (C=O) groups is 1. The molecule has 0 atom stereocenters. The molecule has 88 valence electrons. The molecule has 0 saturated heterocycles. The molecule has 0 aliphatic rings. The fourth-order valence-corrected chi connectivity index (χ4v) is 1.15. The van der Waals surface area contributed by atoms with Gasteiger partial charge in [0.1, 0.15) is 0 Å². The van der Waals surface area contributed by atoms with Crippen molar-refractivity contribution in [2.24, 2.45) is 0 Å². The lowest BCUT2D eigenvalue weighted by Crippen LogP contribution is -2.27. The molecular weight excluding hydrogens is 209 g/mol. The monoisotopic (exact) mass is 225 g/mol. The Morgan fingerprint density at radius 1 is 1.44 bits per heavy atom. The molecule has 1 aromatic carbocycles. The molecule has 0 aliphatic carbocycles. The molecule has 16 heavy (non-hydrogen) atoms.